The van der Waals surface area contributed by atoms with E-state index in [9.17, 15) is 4.79 Å². The van der Waals surface area contributed by atoms with Crippen molar-refractivity contribution >= 4 is 5.97 Å². The van der Waals surface area contributed by atoms with Gasteiger partial charge in [0.15, 0.2) is 5.60 Å². The zero-order valence-electron chi connectivity index (χ0n) is 13.4. The number of epoxide rings is 1. The first-order valence-corrected chi connectivity index (χ1v) is 9.57. The molecule has 6 rings (SSSR count). The number of esters is 1. The topological polar surface area (TPSA) is 38.8 Å². The molecule has 0 aromatic heterocycles. The number of hydrogen-bond acceptors (Lipinski definition) is 3. The highest BCUT2D eigenvalue weighted by molar-refractivity contribution is 5.74. The van der Waals surface area contributed by atoms with Crippen LogP contribution in [-0.2, 0) is 14.3 Å². The molecule has 6 fully saturated rings. The lowest BCUT2D eigenvalue weighted by atomic mass is 9.67. The van der Waals surface area contributed by atoms with Gasteiger partial charge in [0.25, 0.3) is 0 Å². The van der Waals surface area contributed by atoms with E-state index in [0.717, 1.165) is 61.7 Å². The third-order valence-electron chi connectivity index (χ3n) is 8.34. The van der Waals surface area contributed by atoms with Gasteiger partial charge in [-0.05, 0) is 80.5 Å². The molecule has 0 radical (unpaired) electrons. The van der Waals surface area contributed by atoms with Gasteiger partial charge in [0.1, 0.15) is 0 Å². The van der Waals surface area contributed by atoms with Gasteiger partial charge in [-0.25, -0.2) is 0 Å². The fraction of sp³-hybridized carbons (Fsp3) is 0.850. The maximum Gasteiger partial charge on any atom is 0.310 e. The molecule has 0 spiro atoms. The average molecular weight is 312 g/mol. The third kappa shape index (κ3) is 1.55. The second-order valence-corrected chi connectivity index (χ2v) is 9.05. The molecule has 23 heavy (non-hydrogen) atoms. The van der Waals surface area contributed by atoms with Crippen molar-refractivity contribution in [2.24, 2.45) is 41.4 Å². The molecule has 0 amide bonds. The summed E-state index contributed by atoms with van der Waals surface area (Å²) in [7, 11) is 0. The van der Waals surface area contributed by atoms with Crippen molar-refractivity contribution in [2.45, 2.75) is 62.8 Å². The smallest absolute Gasteiger partial charge is 0.310 e. The standard InChI is InChI=1S/C20H24O3/c1-2-20(5-3-4-6-20)23-19(21)12-8-10-7-11(12)16-14-9-13(15(10)16)17-18(14)22-17/h1,10-18H,3-9H2. The number of fused-ring (bicyclic) bond motifs is 12. The quantitative estimate of drug-likeness (QED) is 0.341. The maximum absolute atomic E-state index is 12.9. The summed E-state index contributed by atoms with van der Waals surface area (Å²) in [6.45, 7) is 0. The molecule has 0 N–H and O–H groups in total. The van der Waals surface area contributed by atoms with Gasteiger partial charge in [-0.1, -0.05) is 5.92 Å². The average Bonchev–Trinajstić information content (AvgIpc) is 3.07. The van der Waals surface area contributed by atoms with Gasteiger partial charge in [-0.3, -0.25) is 4.79 Å². The highest BCUT2D eigenvalue weighted by atomic mass is 16.6. The summed E-state index contributed by atoms with van der Waals surface area (Å²) in [5, 5.41) is 0. The van der Waals surface area contributed by atoms with Crippen LogP contribution in [-0.4, -0.2) is 23.8 Å². The van der Waals surface area contributed by atoms with Crippen molar-refractivity contribution in [3.8, 4) is 12.3 Å². The molecule has 5 saturated carbocycles. The Hall–Kier alpha value is -1.01. The largest absolute Gasteiger partial charge is 0.446 e. The maximum atomic E-state index is 12.9. The first-order valence-electron chi connectivity index (χ1n) is 9.57. The molecule has 5 aliphatic carbocycles. The van der Waals surface area contributed by atoms with E-state index in [1.807, 2.05) is 0 Å². The van der Waals surface area contributed by atoms with E-state index in [1.54, 1.807) is 0 Å². The van der Waals surface area contributed by atoms with Crippen LogP contribution in [0.15, 0.2) is 0 Å². The fourth-order valence-electron chi connectivity index (χ4n) is 7.61. The summed E-state index contributed by atoms with van der Waals surface area (Å²) in [6, 6.07) is 0. The van der Waals surface area contributed by atoms with E-state index in [2.05, 4.69) is 5.92 Å². The van der Waals surface area contributed by atoms with E-state index >= 15 is 0 Å². The molecule has 6 aliphatic rings. The highest BCUT2D eigenvalue weighted by Crippen LogP contribution is 2.73. The van der Waals surface area contributed by atoms with Gasteiger partial charge < -0.3 is 9.47 Å². The molecule has 4 bridgehead atoms. The number of ether oxygens (including phenoxy) is 2. The second-order valence-electron chi connectivity index (χ2n) is 9.05. The molecular formula is C20H24O3. The van der Waals surface area contributed by atoms with Crippen LogP contribution in [0.5, 0.6) is 0 Å². The van der Waals surface area contributed by atoms with Crippen LogP contribution >= 0.6 is 0 Å². The summed E-state index contributed by atoms with van der Waals surface area (Å²) in [6.07, 6.45) is 14.4. The summed E-state index contributed by atoms with van der Waals surface area (Å²) in [5.41, 5.74) is -0.586. The lowest BCUT2D eigenvalue weighted by Gasteiger charge is -2.37. The summed E-state index contributed by atoms with van der Waals surface area (Å²) in [5.74, 6) is 7.38. The van der Waals surface area contributed by atoms with E-state index in [-0.39, 0.29) is 11.9 Å². The lowest BCUT2D eigenvalue weighted by Crippen LogP contribution is -2.41. The van der Waals surface area contributed by atoms with E-state index in [4.69, 9.17) is 15.9 Å². The Balaban J connectivity index is 1.23. The Morgan fingerprint density at radius 1 is 1.04 bits per heavy atom. The van der Waals surface area contributed by atoms with E-state index in [1.165, 1.54) is 12.8 Å². The van der Waals surface area contributed by atoms with Crippen molar-refractivity contribution in [3.05, 3.63) is 0 Å². The van der Waals surface area contributed by atoms with Gasteiger partial charge in [0, 0.05) is 0 Å². The summed E-state index contributed by atoms with van der Waals surface area (Å²) >= 11 is 0. The second kappa shape index (κ2) is 4.14. The summed E-state index contributed by atoms with van der Waals surface area (Å²) in [4.78, 5) is 12.9. The first-order chi connectivity index (χ1) is 11.2. The first kappa shape index (κ1) is 13.3. The number of carbonyl (C=O) groups excluding carboxylic acids is 1. The molecule has 1 saturated heterocycles. The molecule has 0 aromatic rings. The Morgan fingerprint density at radius 3 is 2.52 bits per heavy atom. The molecule has 9 unspecified atom stereocenters. The molecule has 0 aromatic carbocycles. The minimum atomic E-state index is -0.586. The van der Waals surface area contributed by atoms with E-state index < -0.39 is 5.60 Å². The molecule has 1 aliphatic heterocycles. The van der Waals surface area contributed by atoms with Crippen molar-refractivity contribution in [1.82, 2.24) is 0 Å². The molecule has 9 atom stereocenters. The van der Waals surface area contributed by atoms with Crippen LogP contribution in [0.3, 0.4) is 0 Å². The molecule has 1 heterocycles. The SMILES string of the molecule is C#CC1(OC(=O)C2CC3CC2C2C4CC(C5OC45)C32)CCCC1. The highest BCUT2D eigenvalue weighted by Gasteiger charge is 2.74. The van der Waals surface area contributed by atoms with E-state index in [0.29, 0.717) is 18.1 Å². The monoisotopic (exact) mass is 312 g/mol. The van der Waals surface area contributed by atoms with Gasteiger partial charge in [-0.2, -0.15) is 0 Å². The fourth-order valence-corrected chi connectivity index (χ4v) is 7.61. The molecule has 3 heteroatoms. The Kier molecular flexibility index (Phi) is 2.40. The molecule has 3 nitrogen and oxygen atoms in total. The Morgan fingerprint density at radius 2 is 1.78 bits per heavy atom. The van der Waals surface area contributed by atoms with Gasteiger partial charge in [0.05, 0.1) is 18.1 Å². The lowest BCUT2D eigenvalue weighted by molar-refractivity contribution is -0.162. The third-order valence-corrected chi connectivity index (χ3v) is 8.34. The number of rotatable bonds is 2. The van der Waals surface area contributed by atoms with Crippen molar-refractivity contribution in [1.29, 1.82) is 0 Å². The van der Waals surface area contributed by atoms with Gasteiger partial charge >= 0.3 is 5.97 Å². The predicted octanol–water partition coefficient (Wildman–Crippen LogP) is 2.78. The van der Waals surface area contributed by atoms with Crippen LogP contribution in [0.2, 0.25) is 0 Å². The molecular weight excluding hydrogens is 288 g/mol. The van der Waals surface area contributed by atoms with Crippen molar-refractivity contribution < 1.29 is 14.3 Å². The normalized spacial score (nSPS) is 56.2. The summed E-state index contributed by atoms with van der Waals surface area (Å²) < 4.78 is 11.8. The van der Waals surface area contributed by atoms with Gasteiger partial charge in [0.2, 0.25) is 0 Å². The minimum absolute atomic E-state index is 0.0202. The zero-order chi connectivity index (χ0) is 15.3. The predicted molar refractivity (Wildman–Crippen MR) is 83.1 cm³/mol. The van der Waals surface area contributed by atoms with Crippen molar-refractivity contribution in [3.63, 3.8) is 0 Å². The number of hydrogen-bond donors (Lipinski definition) is 0. The van der Waals surface area contributed by atoms with Crippen molar-refractivity contribution in [2.75, 3.05) is 0 Å². The molecule has 122 valence electrons. The number of carbonyl (C=O) groups is 1. The van der Waals surface area contributed by atoms with Gasteiger partial charge in [-0.15, -0.1) is 6.42 Å². The minimum Gasteiger partial charge on any atom is -0.446 e. The van der Waals surface area contributed by atoms with Crippen LogP contribution in [0.4, 0.5) is 0 Å². The number of terminal acetylenes is 1. The Labute approximate surface area is 137 Å². The van der Waals surface area contributed by atoms with Crippen LogP contribution in [0.1, 0.15) is 44.9 Å². The van der Waals surface area contributed by atoms with Crippen LogP contribution in [0, 0.1) is 53.8 Å². The van der Waals surface area contributed by atoms with Crippen LogP contribution < -0.4 is 0 Å². The zero-order valence-corrected chi connectivity index (χ0v) is 13.4. The Bertz CT molecular complexity index is 613. The van der Waals surface area contributed by atoms with Crippen LogP contribution in [0.25, 0.3) is 0 Å².